The zero-order valence-corrected chi connectivity index (χ0v) is 24.3. The third-order valence-electron chi connectivity index (χ3n) is 7.05. The van der Waals surface area contributed by atoms with Gasteiger partial charge in [-0.1, -0.05) is 62.9 Å². The first-order valence-corrected chi connectivity index (χ1v) is 13.7. The second-order valence-corrected chi connectivity index (χ2v) is 11.7. The number of benzene rings is 2. The molecule has 1 aliphatic carbocycles. The fourth-order valence-electron chi connectivity index (χ4n) is 4.79. The topological polar surface area (TPSA) is 87.7 Å². The predicted octanol–water partition coefficient (Wildman–Crippen LogP) is 6.56. The number of nitrogens with zero attached hydrogens (tertiary/aromatic N) is 1. The molecule has 210 valence electrons. The van der Waals surface area contributed by atoms with E-state index in [2.05, 4.69) is 17.2 Å². The maximum atomic E-state index is 14.3. The summed E-state index contributed by atoms with van der Waals surface area (Å²) in [4.78, 5) is 42.9. The lowest BCUT2D eigenvalue weighted by Gasteiger charge is -2.44. The summed E-state index contributed by atoms with van der Waals surface area (Å²) in [5.41, 5.74) is 3.45. The van der Waals surface area contributed by atoms with Crippen LogP contribution in [0.2, 0.25) is 0 Å². The summed E-state index contributed by atoms with van der Waals surface area (Å²) in [6.45, 7) is 16.9. The van der Waals surface area contributed by atoms with Crippen molar-refractivity contribution < 1.29 is 19.1 Å². The first-order chi connectivity index (χ1) is 18.3. The molecule has 2 atom stereocenters. The van der Waals surface area contributed by atoms with Gasteiger partial charge in [0.05, 0.1) is 0 Å². The quantitative estimate of drug-likeness (QED) is 0.382. The second kappa shape index (κ2) is 12.5. The molecule has 0 aliphatic heterocycles. The van der Waals surface area contributed by atoms with Crippen LogP contribution in [-0.2, 0) is 14.3 Å². The standard InChI is InChI=1S/C32H43N3O4/c1-9-23-15-11-16-24(19-23)28(29(36)33-27-21(4)13-10-14-22(27)5)35(25-17-12-18-25)30(37)26(20(2)3)34-31(38)39-32(6,7)8/h9-11,13-16,19-20,25-26,28H,1,12,17-18H2,2-8H3,(H,33,36)(H,34,38). The van der Waals surface area contributed by atoms with E-state index in [9.17, 15) is 14.4 Å². The molecular formula is C32H43N3O4. The van der Waals surface area contributed by atoms with E-state index in [1.807, 2.05) is 70.2 Å². The van der Waals surface area contributed by atoms with Gasteiger partial charge in [-0.3, -0.25) is 9.59 Å². The minimum atomic E-state index is -0.900. The summed E-state index contributed by atoms with van der Waals surface area (Å²) in [5, 5.41) is 5.91. The Kier molecular flexibility index (Phi) is 9.59. The Bertz CT molecular complexity index is 1190. The summed E-state index contributed by atoms with van der Waals surface area (Å²) in [7, 11) is 0. The number of para-hydroxylation sites is 1. The van der Waals surface area contributed by atoms with Crippen LogP contribution in [0.3, 0.4) is 0 Å². The summed E-state index contributed by atoms with van der Waals surface area (Å²) in [5.74, 6) is -0.825. The Labute approximate surface area is 233 Å². The molecule has 0 saturated heterocycles. The van der Waals surface area contributed by atoms with Crippen LogP contribution in [0.4, 0.5) is 10.5 Å². The summed E-state index contributed by atoms with van der Waals surface area (Å²) >= 11 is 0. The van der Waals surface area contributed by atoms with Crippen LogP contribution in [0.5, 0.6) is 0 Å². The van der Waals surface area contributed by atoms with Crippen molar-refractivity contribution in [1.82, 2.24) is 10.2 Å². The second-order valence-electron chi connectivity index (χ2n) is 11.7. The van der Waals surface area contributed by atoms with E-state index in [4.69, 9.17) is 4.74 Å². The average Bonchev–Trinajstić information content (AvgIpc) is 2.82. The number of alkyl carbamates (subject to hydrolysis) is 1. The molecule has 39 heavy (non-hydrogen) atoms. The van der Waals surface area contributed by atoms with E-state index in [0.29, 0.717) is 5.56 Å². The molecule has 1 fully saturated rings. The molecule has 2 aromatic rings. The minimum absolute atomic E-state index is 0.125. The SMILES string of the molecule is C=Cc1cccc(C(C(=O)Nc2c(C)cccc2C)N(C(=O)C(NC(=O)OC(C)(C)C)C(C)C)C2CCC2)c1. The fourth-order valence-corrected chi connectivity index (χ4v) is 4.79. The van der Waals surface area contributed by atoms with Gasteiger partial charge in [0.15, 0.2) is 0 Å². The molecule has 1 saturated carbocycles. The summed E-state index contributed by atoms with van der Waals surface area (Å²) in [6, 6.07) is 11.5. The monoisotopic (exact) mass is 533 g/mol. The van der Waals surface area contributed by atoms with Crippen molar-refractivity contribution in [3.05, 3.63) is 71.3 Å². The van der Waals surface area contributed by atoms with Crippen molar-refractivity contribution in [3.63, 3.8) is 0 Å². The highest BCUT2D eigenvalue weighted by Crippen LogP contribution is 2.35. The van der Waals surface area contributed by atoms with Crippen LogP contribution >= 0.6 is 0 Å². The number of carbonyl (C=O) groups is 3. The van der Waals surface area contributed by atoms with Crippen LogP contribution in [0.25, 0.3) is 6.08 Å². The molecule has 0 heterocycles. The van der Waals surface area contributed by atoms with Crippen molar-refractivity contribution in [2.24, 2.45) is 5.92 Å². The predicted molar refractivity (Wildman–Crippen MR) is 156 cm³/mol. The lowest BCUT2D eigenvalue weighted by molar-refractivity contribution is -0.146. The zero-order chi connectivity index (χ0) is 28.9. The van der Waals surface area contributed by atoms with Gasteiger partial charge in [0.2, 0.25) is 5.91 Å². The minimum Gasteiger partial charge on any atom is -0.444 e. The van der Waals surface area contributed by atoms with E-state index >= 15 is 0 Å². The highest BCUT2D eigenvalue weighted by Gasteiger charge is 2.43. The summed E-state index contributed by atoms with van der Waals surface area (Å²) < 4.78 is 5.47. The molecule has 0 aromatic heterocycles. The van der Waals surface area contributed by atoms with Gasteiger partial charge >= 0.3 is 6.09 Å². The number of hydrogen-bond acceptors (Lipinski definition) is 4. The van der Waals surface area contributed by atoms with E-state index in [1.54, 1.807) is 31.7 Å². The van der Waals surface area contributed by atoms with Crippen molar-refractivity contribution >= 4 is 29.7 Å². The van der Waals surface area contributed by atoms with E-state index in [1.165, 1.54) is 0 Å². The molecule has 0 spiro atoms. The smallest absolute Gasteiger partial charge is 0.408 e. The Hall–Kier alpha value is -3.61. The molecule has 0 radical (unpaired) electrons. The third kappa shape index (κ3) is 7.49. The number of anilines is 1. The Morgan fingerprint density at radius 1 is 1.05 bits per heavy atom. The number of rotatable bonds is 9. The maximum Gasteiger partial charge on any atom is 0.408 e. The number of hydrogen-bond donors (Lipinski definition) is 2. The summed E-state index contributed by atoms with van der Waals surface area (Å²) in [6.07, 6.45) is 3.61. The highest BCUT2D eigenvalue weighted by molar-refractivity contribution is 6.00. The van der Waals surface area contributed by atoms with E-state index in [0.717, 1.165) is 41.6 Å². The van der Waals surface area contributed by atoms with Crippen molar-refractivity contribution in [3.8, 4) is 0 Å². The van der Waals surface area contributed by atoms with Crippen LogP contribution in [0.15, 0.2) is 49.0 Å². The molecule has 7 nitrogen and oxygen atoms in total. The number of ether oxygens (including phenoxy) is 1. The van der Waals surface area contributed by atoms with Gasteiger partial charge in [-0.05, 0) is 88.1 Å². The first-order valence-electron chi connectivity index (χ1n) is 13.7. The lowest BCUT2D eigenvalue weighted by atomic mass is 9.87. The Morgan fingerprint density at radius 3 is 2.18 bits per heavy atom. The van der Waals surface area contributed by atoms with E-state index < -0.39 is 23.8 Å². The van der Waals surface area contributed by atoms with Gasteiger partial charge in [-0.2, -0.15) is 0 Å². The molecule has 2 aromatic carbocycles. The van der Waals surface area contributed by atoms with Gasteiger partial charge in [-0.15, -0.1) is 0 Å². The highest BCUT2D eigenvalue weighted by atomic mass is 16.6. The molecule has 1 aliphatic rings. The largest absolute Gasteiger partial charge is 0.444 e. The van der Waals surface area contributed by atoms with Crippen LogP contribution in [0.1, 0.15) is 82.2 Å². The van der Waals surface area contributed by atoms with Gasteiger partial charge < -0.3 is 20.3 Å². The van der Waals surface area contributed by atoms with Crippen LogP contribution in [0, 0.1) is 19.8 Å². The molecule has 3 amide bonds. The molecule has 7 heteroatoms. The maximum absolute atomic E-state index is 14.3. The Morgan fingerprint density at radius 2 is 1.67 bits per heavy atom. The normalized spacial score (nSPS) is 15.1. The number of carbonyl (C=O) groups excluding carboxylic acids is 3. The molecule has 2 unspecified atom stereocenters. The van der Waals surface area contributed by atoms with Crippen molar-refractivity contribution in [2.45, 2.75) is 91.5 Å². The number of amides is 3. The lowest BCUT2D eigenvalue weighted by Crippen LogP contribution is -2.58. The van der Waals surface area contributed by atoms with Gasteiger partial charge in [0.25, 0.3) is 5.91 Å². The molecular weight excluding hydrogens is 490 g/mol. The average molecular weight is 534 g/mol. The first kappa shape index (κ1) is 29.9. The Balaban J connectivity index is 2.07. The van der Waals surface area contributed by atoms with Crippen molar-refractivity contribution in [2.75, 3.05) is 5.32 Å². The fraction of sp³-hybridized carbons (Fsp3) is 0.469. The van der Waals surface area contributed by atoms with E-state index in [-0.39, 0.29) is 23.8 Å². The van der Waals surface area contributed by atoms with Crippen LogP contribution in [-0.4, -0.2) is 40.5 Å². The molecule has 0 bridgehead atoms. The van der Waals surface area contributed by atoms with Crippen LogP contribution < -0.4 is 10.6 Å². The van der Waals surface area contributed by atoms with Gasteiger partial charge in [0.1, 0.15) is 17.7 Å². The third-order valence-corrected chi connectivity index (χ3v) is 7.05. The zero-order valence-electron chi connectivity index (χ0n) is 24.3. The van der Waals surface area contributed by atoms with Gasteiger partial charge in [0, 0.05) is 11.7 Å². The molecule has 2 N–H and O–H groups in total. The van der Waals surface area contributed by atoms with Crippen molar-refractivity contribution in [1.29, 1.82) is 0 Å². The van der Waals surface area contributed by atoms with Gasteiger partial charge in [-0.25, -0.2) is 4.79 Å². The number of nitrogens with one attached hydrogen (secondary N) is 2. The number of aryl methyl sites for hydroxylation is 2. The molecule has 3 rings (SSSR count).